The van der Waals surface area contributed by atoms with Crippen molar-refractivity contribution < 1.29 is 4.74 Å². The molecule has 0 spiro atoms. The minimum Gasteiger partial charge on any atom is -0.379 e. The van der Waals surface area contributed by atoms with Gasteiger partial charge in [-0.3, -0.25) is 4.99 Å². The standard InChI is InChI=1S/C18H26BrN3O/c1-20-17(21-9-10-23-12-14-5-6-14)22-13-18(7-8-18)15-3-2-4-16(19)11-15/h2-4,11,14H,5-10,12-13H2,1H3,(H2,20,21,22). The molecule has 3 rings (SSSR count). The number of guanidine groups is 1. The summed E-state index contributed by atoms with van der Waals surface area (Å²) in [6, 6.07) is 8.65. The molecule has 0 aliphatic heterocycles. The van der Waals surface area contributed by atoms with E-state index in [1.165, 1.54) is 31.2 Å². The molecule has 0 unspecified atom stereocenters. The fourth-order valence-electron chi connectivity index (χ4n) is 2.79. The van der Waals surface area contributed by atoms with Crippen LogP contribution in [0, 0.1) is 5.92 Å². The molecule has 0 amide bonds. The average molecular weight is 380 g/mol. The summed E-state index contributed by atoms with van der Waals surface area (Å²) < 4.78 is 6.79. The highest BCUT2D eigenvalue weighted by molar-refractivity contribution is 9.10. The predicted molar refractivity (Wildman–Crippen MR) is 98.0 cm³/mol. The van der Waals surface area contributed by atoms with Crippen molar-refractivity contribution in [3.63, 3.8) is 0 Å². The summed E-state index contributed by atoms with van der Waals surface area (Å²) in [5.74, 6) is 1.69. The molecule has 126 valence electrons. The largest absolute Gasteiger partial charge is 0.379 e. The number of nitrogens with zero attached hydrogens (tertiary/aromatic N) is 1. The van der Waals surface area contributed by atoms with E-state index in [1.807, 2.05) is 7.05 Å². The van der Waals surface area contributed by atoms with Crippen LogP contribution in [0.15, 0.2) is 33.7 Å². The van der Waals surface area contributed by atoms with Gasteiger partial charge >= 0.3 is 0 Å². The Hall–Kier alpha value is -1.07. The molecule has 1 aromatic rings. The highest BCUT2D eigenvalue weighted by atomic mass is 79.9. The van der Waals surface area contributed by atoms with Crippen LogP contribution in [0.25, 0.3) is 0 Å². The number of halogens is 1. The lowest BCUT2D eigenvalue weighted by Gasteiger charge is -2.19. The second kappa shape index (κ2) is 7.67. The molecule has 2 fully saturated rings. The van der Waals surface area contributed by atoms with E-state index in [4.69, 9.17) is 4.74 Å². The fraction of sp³-hybridized carbons (Fsp3) is 0.611. The molecule has 0 atom stereocenters. The van der Waals surface area contributed by atoms with Crippen LogP contribution in [-0.2, 0) is 10.2 Å². The summed E-state index contributed by atoms with van der Waals surface area (Å²) in [4.78, 5) is 4.30. The Labute approximate surface area is 147 Å². The summed E-state index contributed by atoms with van der Waals surface area (Å²) in [5.41, 5.74) is 1.67. The molecule has 5 heteroatoms. The number of benzene rings is 1. The molecule has 0 heterocycles. The minimum absolute atomic E-state index is 0.268. The first kappa shape index (κ1) is 16.8. The minimum atomic E-state index is 0.268. The van der Waals surface area contributed by atoms with E-state index in [-0.39, 0.29) is 5.41 Å². The zero-order valence-electron chi connectivity index (χ0n) is 13.8. The van der Waals surface area contributed by atoms with Crippen LogP contribution in [0.4, 0.5) is 0 Å². The molecule has 1 aromatic carbocycles. The number of nitrogens with one attached hydrogen (secondary N) is 2. The van der Waals surface area contributed by atoms with Gasteiger partial charge in [-0.15, -0.1) is 0 Å². The van der Waals surface area contributed by atoms with Crippen molar-refractivity contribution in [2.24, 2.45) is 10.9 Å². The molecule has 2 saturated carbocycles. The molecule has 4 nitrogen and oxygen atoms in total. The van der Waals surface area contributed by atoms with E-state index in [2.05, 4.69) is 55.8 Å². The Morgan fingerprint density at radius 2 is 2.17 bits per heavy atom. The Morgan fingerprint density at radius 3 is 2.83 bits per heavy atom. The highest BCUT2D eigenvalue weighted by Crippen LogP contribution is 2.48. The SMILES string of the molecule is CN=C(NCCOCC1CC1)NCC1(c2cccc(Br)c2)CC1. The molecular formula is C18H26BrN3O. The quantitative estimate of drug-likeness (QED) is 0.414. The summed E-state index contributed by atoms with van der Waals surface area (Å²) in [5, 5.41) is 6.80. The van der Waals surface area contributed by atoms with Gasteiger partial charge in [-0.1, -0.05) is 28.1 Å². The van der Waals surface area contributed by atoms with Crippen LogP contribution >= 0.6 is 15.9 Å². The Kier molecular flexibility index (Phi) is 5.59. The molecule has 2 aliphatic carbocycles. The summed E-state index contributed by atoms with van der Waals surface area (Å²) in [7, 11) is 1.82. The third-order valence-corrected chi connectivity index (χ3v) is 5.19. The maximum atomic E-state index is 5.64. The van der Waals surface area contributed by atoms with E-state index in [0.29, 0.717) is 0 Å². The van der Waals surface area contributed by atoms with Gasteiger partial charge in [0.1, 0.15) is 0 Å². The monoisotopic (exact) mass is 379 g/mol. The highest BCUT2D eigenvalue weighted by Gasteiger charge is 2.44. The number of ether oxygens (including phenoxy) is 1. The topological polar surface area (TPSA) is 45.7 Å². The van der Waals surface area contributed by atoms with Crippen molar-refractivity contribution in [2.45, 2.75) is 31.1 Å². The van der Waals surface area contributed by atoms with Crippen LogP contribution in [-0.4, -0.2) is 39.3 Å². The van der Waals surface area contributed by atoms with Gasteiger partial charge in [0, 0.05) is 36.6 Å². The number of hydrogen-bond donors (Lipinski definition) is 2. The van der Waals surface area contributed by atoms with Gasteiger partial charge < -0.3 is 15.4 Å². The smallest absolute Gasteiger partial charge is 0.191 e. The molecule has 2 aliphatic rings. The number of hydrogen-bond acceptors (Lipinski definition) is 2. The lowest BCUT2D eigenvalue weighted by Crippen LogP contribution is -2.42. The third-order valence-electron chi connectivity index (χ3n) is 4.70. The lowest BCUT2D eigenvalue weighted by molar-refractivity contribution is 0.129. The van der Waals surface area contributed by atoms with Crippen molar-refractivity contribution in [2.75, 3.05) is 33.4 Å². The van der Waals surface area contributed by atoms with Crippen molar-refractivity contribution >= 4 is 21.9 Å². The second-order valence-corrected chi connectivity index (χ2v) is 7.58. The van der Waals surface area contributed by atoms with Crippen LogP contribution in [0.5, 0.6) is 0 Å². The molecule has 0 aromatic heterocycles. The third kappa shape index (κ3) is 4.95. The molecular weight excluding hydrogens is 354 g/mol. The van der Waals surface area contributed by atoms with Gasteiger partial charge in [-0.05, 0) is 49.3 Å². The Morgan fingerprint density at radius 1 is 1.35 bits per heavy atom. The normalized spacial score (nSPS) is 19.5. The van der Waals surface area contributed by atoms with E-state index in [9.17, 15) is 0 Å². The summed E-state index contributed by atoms with van der Waals surface area (Å²) >= 11 is 3.57. The number of aliphatic imine (C=N–C) groups is 1. The van der Waals surface area contributed by atoms with E-state index in [1.54, 1.807) is 0 Å². The average Bonchev–Trinajstić information content (AvgIpc) is 3.45. The summed E-state index contributed by atoms with van der Waals surface area (Å²) in [6.45, 7) is 3.38. The molecule has 23 heavy (non-hydrogen) atoms. The molecule has 0 bridgehead atoms. The van der Waals surface area contributed by atoms with Crippen LogP contribution in [0.3, 0.4) is 0 Å². The van der Waals surface area contributed by atoms with Crippen LogP contribution < -0.4 is 10.6 Å². The molecule has 0 radical (unpaired) electrons. The molecule has 2 N–H and O–H groups in total. The lowest BCUT2D eigenvalue weighted by atomic mass is 9.96. The zero-order valence-corrected chi connectivity index (χ0v) is 15.4. The Balaban J connectivity index is 1.40. The van der Waals surface area contributed by atoms with Gasteiger partial charge in [-0.25, -0.2) is 0 Å². The fourth-order valence-corrected chi connectivity index (χ4v) is 3.19. The van der Waals surface area contributed by atoms with Crippen LogP contribution in [0.2, 0.25) is 0 Å². The maximum Gasteiger partial charge on any atom is 0.191 e. The van der Waals surface area contributed by atoms with Gasteiger partial charge in [0.2, 0.25) is 0 Å². The first-order valence-electron chi connectivity index (χ1n) is 8.50. The first-order valence-corrected chi connectivity index (χ1v) is 9.29. The zero-order chi connectivity index (χ0) is 16.1. The van der Waals surface area contributed by atoms with E-state index < -0.39 is 0 Å². The van der Waals surface area contributed by atoms with Gasteiger partial charge in [-0.2, -0.15) is 0 Å². The maximum absolute atomic E-state index is 5.64. The Bertz CT molecular complexity index is 553. The number of rotatable bonds is 8. The van der Waals surface area contributed by atoms with Crippen LogP contribution in [0.1, 0.15) is 31.2 Å². The summed E-state index contributed by atoms with van der Waals surface area (Å²) in [6.07, 6.45) is 5.15. The van der Waals surface area contributed by atoms with E-state index in [0.717, 1.165) is 42.7 Å². The van der Waals surface area contributed by atoms with Gasteiger partial charge in [0.05, 0.1) is 6.61 Å². The molecule has 0 saturated heterocycles. The van der Waals surface area contributed by atoms with Crippen molar-refractivity contribution in [3.8, 4) is 0 Å². The predicted octanol–water partition coefficient (Wildman–Crippen LogP) is 3.07. The van der Waals surface area contributed by atoms with Crippen molar-refractivity contribution in [3.05, 3.63) is 34.3 Å². The first-order chi connectivity index (χ1) is 11.2. The van der Waals surface area contributed by atoms with Gasteiger partial charge in [0.15, 0.2) is 5.96 Å². The van der Waals surface area contributed by atoms with Gasteiger partial charge in [0.25, 0.3) is 0 Å². The second-order valence-electron chi connectivity index (χ2n) is 6.66. The van der Waals surface area contributed by atoms with E-state index >= 15 is 0 Å². The van der Waals surface area contributed by atoms with Crippen molar-refractivity contribution in [1.29, 1.82) is 0 Å². The van der Waals surface area contributed by atoms with Crippen molar-refractivity contribution in [1.82, 2.24) is 10.6 Å².